The second-order valence-electron chi connectivity index (χ2n) is 6.68. The Bertz CT molecular complexity index is 1170. The Morgan fingerprint density at radius 2 is 1.71 bits per heavy atom. The molecule has 0 saturated carbocycles. The molecule has 0 bridgehead atoms. The first kappa shape index (κ1) is 18.9. The normalized spacial score (nSPS) is 15.9. The van der Waals surface area contributed by atoms with Crippen molar-refractivity contribution in [3.05, 3.63) is 65.0 Å². The number of sulfonamides is 1. The second kappa shape index (κ2) is 7.50. The first-order valence-corrected chi connectivity index (χ1v) is 11.2. The molecule has 0 aliphatic carbocycles. The van der Waals surface area contributed by atoms with Crippen molar-refractivity contribution in [3.63, 3.8) is 0 Å². The minimum Gasteiger partial charge on any atom is -0.545 e. The highest BCUT2D eigenvalue weighted by atomic mass is 32.2. The first-order chi connectivity index (χ1) is 13.4. The number of rotatable bonds is 5. The average molecular weight is 413 g/mol. The molecule has 2 heterocycles. The van der Waals surface area contributed by atoms with Gasteiger partial charge in [0.2, 0.25) is 0 Å². The van der Waals surface area contributed by atoms with Crippen LogP contribution >= 0.6 is 11.3 Å². The van der Waals surface area contributed by atoms with E-state index in [1.165, 1.54) is 22.5 Å². The van der Waals surface area contributed by atoms with Crippen LogP contribution in [0, 0.1) is 0 Å². The van der Waals surface area contributed by atoms with Crippen LogP contribution in [0.25, 0.3) is 22.4 Å². The maximum atomic E-state index is 12.7. The van der Waals surface area contributed by atoms with Crippen molar-refractivity contribution >= 4 is 49.8 Å². The zero-order valence-corrected chi connectivity index (χ0v) is 16.6. The van der Waals surface area contributed by atoms with Crippen molar-refractivity contribution in [2.45, 2.75) is 17.1 Å². The van der Waals surface area contributed by atoms with Crippen molar-refractivity contribution < 1.29 is 18.3 Å². The zero-order chi connectivity index (χ0) is 19.7. The van der Waals surface area contributed by atoms with Gasteiger partial charge >= 0.3 is 0 Å². The monoisotopic (exact) mass is 412 g/mol. The Labute approximate surface area is 167 Å². The maximum Gasteiger partial charge on any atom is 0.252 e. The first-order valence-electron chi connectivity index (χ1n) is 8.97. The summed E-state index contributed by atoms with van der Waals surface area (Å²) < 4.78 is 27.0. The van der Waals surface area contributed by atoms with Crippen LogP contribution in [-0.4, -0.2) is 31.8 Å². The molecule has 1 aliphatic heterocycles. The van der Waals surface area contributed by atoms with Crippen LogP contribution in [-0.2, 0) is 14.8 Å². The van der Waals surface area contributed by atoms with E-state index in [0.29, 0.717) is 18.0 Å². The fourth-order valence-electron chi connectivity index (χ4n) is 3.35. The topological polar surface area (TPSA) is 77.5 Å². The molecule has 28 heavy (non-hydrogen) atoms. The number of carbonyl (C=O) groups excluding carboxylic acids is 1. The summed E-state index contributed by atoms with van der Waals surface area (Å²) in [6.45, 7) is 1.02. The van der Waals surface area contributed by atoms with Gasteiger partial charge in [0, 0.05) is 23.5 Å². The summed E-state index contributed by atoms with van der Waals surface area (Å²) in [7, 11) is -3.57. The van der Waals surface area contributed by atoms with E-state index < -0.39 is 16.0 Å². The lowest BCUT2D eigenvalue weighted by Gasteiger charge is -2.13. The Morgan fingerprint density at radius 1 is 1.00 bits per heavy atom. The number of carbonyl (C=O) groups is 1. The third-order valence-corrected chi connectivity index (χ3v) is 8.30. The fourth-order valence-corrected chi connectivity index (χ4v) is 6.34. The molecule has 4 rings (SSSR count). The van der Waals surface area contributed by atoms with Crippen LogP contribution in [0.5, 0.6) is 0 Å². The molecular weight excluding hydrogens is 394 g/mol. The van der Waals surface area contributed by atoms with Crippen molar-refractivity contribution in [1.82, 2.24) is 4.31 Å². The maximum absolute atomic E-state index is 12.7. The smallest absolute Gasteiger partial charge is 0.252 e. The molecule has 1 saturated heterocycles. The highest BCUT2D eigenvalue weighted by Crippen LogP contribution is 2.32. The Morgan fingerprint density at radius 3 is 2.43 bits per heavy atom. The molecular formula is C21H18NO4S2-. The lowest BCUT2D eigenvalue weighted by atomic mass is 10.0. The number of fused-ring (bicyclic) bond motifs is 1. The van der Waals surface area contributed by atoms with Crippen molar-refractivity contribution in [2.75, 3.05) is 13.1 Å². The molecule has 1 fully saturated rings. The van der Waals surface area contributed by atoms with E-state index in [0.717, 1.165) is 40.5 Å². The number of aliphatic carboxylic acids is 1. The quantitative estimate of drug-likeness (QED) is 0.604. The van der Waals surface area contributed by atoms with Crippen molar-refractivity contribution in [1.29, 1.82) is 0 Å². The van der Waals surface area contributed by atoms with E-state index in [2.05, 4.69) is 0 Å². The summed E-state index contributed by atoms with van der Waals surface area (Å²) in [6, 6.07) is 16.5. The van der Waals surface area contributed by atoms with Crippen LogP contribution in [0.2, 0.25) is 0 Å². The Hall–Kier alpha value is -2.48. The SMILES string of the molecule is O=C([O-])/C(=C\c1ccc2ccccc2c1)c1ccc(S(=O)(=O)N2CCCC2)s1. The van der Waals surface area contributed by atoms with E-state index in [1.807, 2.05) is 42.5 Å². The van der Waals surface area contributed by atoms with Crippen LogP contribution in [0.1, 0.15) is 23.3 Å². The molecule has 0 atom stereocenters. The second-order valence-corrected chi connectivity index (χ2v) is 9.93. The third kappa shape index (κ3) is 3.61. The molecule has 1 aromatic heterocycles. The summed E-state index contributed by atoms with van der Waals surface area (Å²) in [5.41, 5.74) is 0.693. The molecule has 3 aromatic rings. The van der Waals surface area contributed by atoms with Gasteiger partial charge in [0.1, 0.15) is 4.21 Å². The van der Waals surface area contributed by atoms with E-state index >= 15 is 0 Å². The summed E-state index contributed by atoms with van der Waals surface area (Å²) in [5, 5.41) is 13.8. The molecule has 0 unspecified atom stereocenters. The van der Waals surface area contributed by atoms with Gasteiger partial charge in [-0.3, -0.25) is 0 Å². The fraction of sp³-hybridized carbons (Fsp3) is 0.190. The van der Waals surface area contributed by atoms with Gasteiger partial charge in [-0.15, -0.1) is 11.3 Å². The molecule has 0 spiro atoms. The minimum atomic E-state index is -3.57. The number of hydrogen-bond donors (Lipinski definition) is 0. The lowest BCUT2D eigenvalue weighted by molar-refractivity contribution is -0.295. The van der Waals surface area contributed by atoms with Gasteiger partial charge in [0.15, 0.2) is 0 Å². The largest absolute Gasteiger partial charge is 0.545 e. The van der Waals surface area contributed by atoms with Gasteiger partial charge in [0.05, 0.1) is 5.97 Å². The highest BCUT2D eigenvalue weighted by molar-refractivity contribution is 7.91. The van der Waals surface area contributed by atoms with Gasteiger partial charge in [0.25, 0.3) is 10.0 Å². The number of benzene rings is 2. The number of carboxylic acid groups (broad SMARTS) is 1. The standard InChI is InChI=1S/C21H19NO4S2/c23-21(24)18(14-15-7-8-16-5-1-2-6-17(16)13-15)19-9-10-20(27-19)28(25,26)22-11-3-4-12-22/h1-2,5-10,13-14H,3-4,11-12H2,(H,23,24)/p-1/b18-14-. The van der Waals surface area contributed by atoms with E-state index in [9.17, 15) is 18.3 Å². The van der Waals surface area contributed by atoms with Gasteiger partial charge in [-0.05, 0) is 53.5 Å². The molecule has 7 heteroatoms. The van der Waals surface area contributed by atoms with Crippen LogP contribution in [0.15, 0.2) is 58.8 Å². The lowest BCUT2D eigenvalue weighted by Crippen LogP contribution is -2.27. The number of nitrogens with zero attached hydrogens (tertiary/aromatic N) is 1. The average Bonchev–Trinajstić information content (AvgIpc) is 3.38. The predicted octanol–water partition coefficient (Wildman–Crippen LogP) is 2.98. The van der Waals surface area contributed by atoms with Gasteiger partial charge in [-0.25, -0.2) is 8.42 Å². The Kier molecular flexibility index (Phi) is 5.05. The summed E-state index contributed by atoms with van der Waals surface area (Å²) in [4.78, 5) is 12.1. The molecule has 0 amide bonds. The molecule has 0 N–H and O–H groups in total. The molecule has 2 aromatic carbocycles. The molecule has 0 radical (unpaired) electrons. The molecule has 1 aliphatic rings. The number of thiophene rings is 1. The molecule has 5 nitrogen and oxygen atoms in total. The van der Waals surface area contributed by atoms with Gasteiger partial charge < -0.3 is 9.90 Å². The van der Waals surface area contributed by atoms with Gasteiger partial charge in [-0.1, -0.05) is 36.4 Å². The van der Waals surface area contributed by atoms with Crippen LogP contribution in [0.3, 0.4) is 0 Å². The van der Waals surface area contributed by atoms with Crippen LogP contribution in [0.4, 0.5) is 0 Å². The van der Waals surface area contributed by atoms with Crippen molar-refractivity contribution in [2.24, 2.45) is 0 Å². The predicted molar refractivity (Wildman–Crippen MR) is 109 cm³/mol. The van der Waals surface area contributed by atoms with E-state index in [-0.39, 0.29) is 9.78 Å². The summed E-state index contributed by atoms with van der Waals surface area (Å²) in [5.74, 6) is -1.33. The third-order valence-electron chi connectivity index (χ3n) is 4.81. The zero-order valence-electron chi connectivity index (χ0n) is 15.0. The van der Waals surface area contributed by atoms with E-state index in [4.69, 9.17) is 0 Å². The Balaban J connectivity index is 1.71. The van der Waals surface area contributed by atoms with Crippen molar-refractivity contribution in [3.8, 4) is 0 Å². The minimum absolute atomic E-state index is 0.0249. The van der Waals surface area contributed by atoms with E-state index in [1.54, 1.807) is 0 Å². The number of hydrogen-bond acceptors (Lipinski definition) is 5. The summed E-state index contributed by atoms with van der Waals surface area (Å²) in [6.07, 6.45) is 3.23. The molecule has 144 valence electrons. The highest BCUT2D eigenvalue weighted by Gasteiger charge is 2.28. The number of carboxylic acids is 1. The summed E-state index contributed by atoms with van der Waals surface area (Å²) >= 11 is 0.967. The van der Waals surface area contributed by atoms with Gasteiger partial charge in [-0.2, -0.15) is 4.31 Å². The van der Waals surface area contributed by atoms with Crippen LogP contribution < -0.4 is 5.11 Å².